The Morgan fingerprint density at radius 1 is 1.00 bits per heavy atom. The number of carbonyl (C=O) groups is 1. The lowest BCUT2D eigenvalue weighted by Crippen LogP contribution is -2.34. The van der Waals surface area contributed by atoms with Gasteiger partial charge in [0.25, 0.3) is 0 Å². The first-order chi connectivity index (χ1) is 13.0. The van der Waals surface area contributed by atoms with Crippen LogP contribution in [0.15, 0.2) is 69.5 Å². The van der Waals surface area contributed by atoms with Crippen LogP contribution in [0.4, 0.5) is 23.0 Å². The van der Waals surface area contributed by atoms with Gasteiger partial charge in [-0.2, -0.15) is 0 Å². The van der Waals surface area contributed by atoms with Gasteiger partial charge in [0.2, 0.25) is 5.91 Å². The number of nitrogens with zero attached hydrogens (tertiary/aromatic N) is 3. The van der Waals surface area contributed by atoms with Crippen molar-refractivity contribution in [1.82, 2.24) is 9.97 Å². The number of thioether (sulfide) groups is 1. The summed E-state index contributed by atoms with van der Waals surface area (Å²) in [5, 5.41) is -0.0308. The maximum Gasteiger partial charge on any atom is 0.244 e. The average Bonchev–Trinajstić information content (AvgIpc) is 2.64. The molecule has 1 amide bonds. The minimum absolute atomic E-state index is 0.0511. The summed E-state index contributed by atoms with van der Waals surface area (Å²) in [4.78, 5) is 25.6. The number of hydrogen-bond acceptors (Lipinski definition) is 7. The van der Waals surface area contributed by atoms with Crippen molar-refractivity contribution in [3.8, 4) is 0 Å². The third kappa shape index (κ3) is 3.45. The summed E-state index contributed by atoms with van der Waals surface area (Å²) in [6.45, 7) is 1.84. The summed E-state index contributed by atoms with van der Waals surface area (Å²) < 4.78 is 0. The summed E-state index contributed by atoms with van der Waals surface area (Å²) in [7, 11) is 0. The fraction of sp³-hybridized carbons (Fsp3) is 0.105. The predicted molar refractivity (Wildman–Crippen MR) is 110 cm³/mol. The van der Waals surface area contributed by atoms with Crippen LogP contribution in [0.5, 0.6) is 0 Å². The zero-order valence-corrected chi connectivity index (χ0v) is 16.1. The lowest BCUT2D eigenvalue weighted by Gasteiger charge is -2.32. The Morgan fingerprint density at radius 3 is 2.07 bits per heavy atom. The van der Waals surface area contributed by atoms with Crippen molar-refractivity contribution in [1.29, 1.82) is 0 Å². The van der Waals surface area contributed by atoms with Gasteiger partial charge in [0.05, 0.1) is 16.6 Å². The van der Waals surface area contributed by atoms with Gasteiger partial charge in [0.1, 0.15) is 11.6 Å². The smallest absolute Gasteiger partial charge is 0.244 e. The summed E-state index contributed by atoms with van der Waals surface area (Å²) in [5.41, 5.74) is 13.2. The molecule has 0 saturated carbocycles. The van der Waals surface area contributed by atoms with Crippen LogP contribution >= 0.6 is 23.5 Å². The lowest BCUT2D eigenvalue weighted by molar-refractivity contribution is -0.117. The van der Waals surface area contributed by atoms with E-state index in [4.69, 9.17) is 11.5 Å². The van der Waals surface area contributed by atoms with E-state index in [9.17, 15) is 4.79 Å². The van der Waals surface area contributed by atoms with E-state index in [0.717, 1.165) is 21.2 Å². The number of benzene rings is 2. The average molecular weight is 396 g/mol. The van der Waals surface area contributed by atoms with Crippen molar-refractivity contribution in [3.05, 3.63) is 54.6 Å². The number of carbonyl (C=O) groups excluding carboxylic acids is 1. The SMILES string of the molecule is CC(Sc1nc(N)cc(N)n1)C(=O)N1c2ccccc2Sc2ccccc21. The summed E-state index contributed by atoms with van der Waals surface area (Å²) >= 11 is 2.91. The highest BCUT2D eigenvalue weighted by atomic mass is 32.2. The molecule has 3 aromatic rings. The first-order valence-corrected chi connectivity index (χ1v) is 9.99. The number of anilines is 4. The minimum Gasteiger partial charge on any atom is -0.383 e. The zero-order chi connectivity index (χ0) is 19.0. The predicted octanol–water partition coefficient (Wildman–Crippen LogP) is 3.95. The van der Waals surface area contributed by atoms with Crippen LogP contribution in [0.25, 0.3) is 0 Å². The molecule has 1 aliphatic rings. The first-order valence-electron chi connectivity index (χ1n) is 8.29. The van der Waals surface area contributed by atoms with Gasteiger partial charge in [-0.25, -0.2) is 9.97 Å². The molecule has 4 N–H and O–H groups in total. The Balaban J connectivity index is 1.69. The van der Waals surface area contributed by atoms with Crippen LogP contribution in [0.3, 0.4) is 0 Å². The molecular weight excluding hydrogens is 378 g/mol. The Kier molecular flexibility index (Phi) is 4.67. The third-order valence-electron chi connectivity index (χ3n) is 4.03. The van der Waals surface area contributed by atoms with Crippen LogP contribution in [0, 0.1) is 0 Å². The van der Waals surface area contributed by atoms with E-state index in [1.165, 1.54) is 17.8 Å². The van der Waals surface area contributed by atoms with Crippen LogP contribution in [-0.4, -0.2) is 21.1 Å². The molecule has 4 rings (SSSR count). The number of amides is 1. The van der Waals surface area contributed by atoms with Gasteiger partial charge < -0.3 is 11.5 Å². The fourth-order valence-electron chi connectivity index (χ4n) is 2.85. The molecule has 27 heavy (non-hydrogen) atoms. The normalized spacial score (nSPS) is 13.6. The number of nitrogens with two attached hydrogens (primary N) is 2. The van der Waals surface area contributed by atoms with Crippen molar-refractivity contribution in [3.63, 3.8) is 0 Å². The molecule has 0 spiro atoms. The first kappa shape index (κ1) is 17.7. The number of fused-ring (bicyclic) bond motifs is 2. The molecule has 0 bridgehead atoms. The van der Waals surface area contributed by atoms with Crippen LogP contribution in [-0.2, 0) is 4.79 Å². The van der Waals surface area contributed by atoms with E-state index in [1.54, 1.807) is 16.7 Å². The van der Waals surface area contributed by atoms with Gasteiger partial charge in [0.15, 0.2) is 5.16 Å². The molecule has 1 aliphatic heterocycles. The van der Waals surface area contributed by atoms with Crippen molar-refractivity contribution < 1.29 is 4.79 Å². The summed E-state index contributed by atoms with van der Waals surface area (Å²) in [6.07, 6.45) is 0. The Bertz CT molecular complexity index is 961. The molecule has 1 unspecified atom stereocenters. The molecule has 0 fully saturated rings. The van der Waals surface area contributed by atoms with Crippen molar-refractivity contribution in [2.24, 2.45) is 0 Å². The molecule has 0 aliphatic carbocycles. The minimum atomic E-state index is -0.421. The van der Waals surface area contributed by atoms with Gasteiger partial charge in [-0.1, -0.05) is 47.8 Å². The van der Waals surface area contributed by atoms with Crippen LogP contribution in [0.2, 0.25) is 0 Å². The van der Waals surface area contributed by atoms with Gasteiger partial charge in [-0.3, -0.25) is 9.69 Å². The van der Waals surface area contributed by atoms with Crippen LogP contribution < -0.4 is 16.4 Å². The molecule has 1 atom stereocenters. The summed E-state index contributed by atoms with van der Waals surface area (Å²) in [5.74, 6) is 0.522. The molecule has 6 nitrogen and oxygen atoms in total. The van der Waals surface area contributed by atoms with Gasteiger partial charge in [-0.05, 0) is 31.2 Å². The highest BCUT2D eigenvalue weighted by Gasteiger charge is 2.31. The maximum absolute atomic E-state index is 13.4. The molecule has 2 aromatic carbocycles. The number of para-hydroxylation sites is 2. The fourth-order valence-corrected chi connectivity index (χ4v) is 4.74. The Morgan fingerprint density at radius 2 is 1.52 bits per heavy atom. The Labute approximate surface area is 165 Å². The van der Waals surface area contributed by atoms with Gasteiger partial charge in [0, 0.05) is 15.9 Å². The van der Waals surface area contributed by atoms with E-state index in [0.29, 0.717) is 5.16 Å². The topological polar surface area (TPSA) is 98.1 Å². The summed E-state index contributed by atoms with van der Waals surface area (Å²) in [6, 6.07) is 17.3. The van der Waals surface area contributed by atoms with E-state index in [1.807, 2.05) is 55.5 Å². The van der Waals surface area contributed by atoms with Crippen molar-refractivity contribution in [2.45, 2.75) is 27.1 Å². The molecular formula is C19H17N5OS2. The third-order valence-corrected chi connectivity index (χ3v) is 6.11. The second kappa shape index (κ2) is 7.13. The second-order valence-electron chi connectivity index (χ2n) is 5.97. The van der Waals surface area contributed by atoms with E-state index in [2.05, 4.69) is 9.97 Å². The molecule has 0 saturated heterocycles. The zero-order valence-electron chi connectivity index (χ0n) is 14.5. The number of aromatic nitrogens is 2. The lowest BCUT2D eigenvalue weighted by atomic mass is 10.2. The van der Waals surface area contributed by atoms with Gasteiger partial charge >= 0.3 is 0 Å². The number of nitrogen functional groups attached to an aromatic ring is 2. The van der Waals surface area contributed by atoms with Crippen molar-refractivity contribution >= 4 is 52.4 Å². The van der Waals surface area contributed by atoms with Crippen molar-refractivity contribution in [2.75, 3.05) is 16.4 Å². The quantitative estimate of drug-likeness (QED) is 0.512. The van der Waals surface area contributed by atoms with E-state index in [-0.39, 0.29) is 17.5 Å². The monoisotopic (exact) mass is 395 g/mol. The molecule has 1 aromatic heterocycles. The van der Waals surface area contributed by atoms with E-state index >= 15 is 0 Å². The molecule has 0 radical (unpaired) electrons. The van der Waals surface area contributed by atoms with E-state index < -0.39 is 5.25 Å². The number of rotatable bonds is 3. The van der Waals surface area contributed by atoms with Gasteiger partial charge in [-0.15, -0.1) is 0 Å². The number of hydrogen-bond donors (Lipinski definition) is 2. The van der Waals surface area contributed by atoms with Crippen LogP contribution in [0.1, 0.15) is 6.92 Å². The second-order valence-corrected chi connectivity index (χ2v) is 8.36. The molecule has 2 heterocycles. The Hall–Kier alpha value is -2.71. The maximum atomic E-state index is 13.4. The molecule has 136 valence electrons. The standard InChI is InChI=1S/C19H17N5OS2/c1-11(26-19-22-16(20)10-17(21)23-19)18(25)24-12-6-2-4-8-14(12)27-15-9-5-3-7-13(15)24/h2-11H,1H3,(H4,20,21,22,23). The highest BCUT2D eigenvalue weighted by Crippen LogP contribution is 2.48. The molecule has 8 heteroatoms. The largest absolute Gasteiger partial charge is 0.383 e. The highest BCUT2D eigenvalue weighted by molar-refractivity contribution is 8.00.